The van der Waals surface area contributed by atoms with E-state index >= 15 is 0 Å². The van der Waals surface area contributed by atoms with Crippen molar-refractivity contribution >= 4 is 0 Å². The maximum absolute atomic E-state index is 2.63. The Kier molecular flexibility index (Phi) is 9.16. The van der Waals surface area contributed by atoms with Gasteiger partial charge in [0.1, 0.15) is 0 Å². The summed E-state index contributed by atoms with van der Waals surface area (Å²) in [5.41, 5.74) is 4.79. The fraction of sp³-hybridized carbons (Fsp3) is 0.714. The summed E-state index contributed by atoms with van der Waals surface area (Å²) in [5.74, 6) is 3.06. The molecule has 2 aliphatic rings. The Morgan fingerprint density at radius 3 is 2.04 bits per heavy atom. The van der Waals surface area contributed by atoms with Gasteiger partial charge in [-0.25, -0.2) is 0 Å². The monoisotopic (exact) mass is 380 g/mol. The van der Waals surface area contributed by atoms with Crippen LogP contribution in [-0.2, 0) is 12.8 Å². The van der Waals surface area contributed by atoms with Gasteiger partial charge in [0.2, 0.25) is 0 Å². The first-order valence-corrected chi connectivity index (χ1v) is 12.5. The first-order chi connectivity index (χ1) is 13.8. The molecule has 2 aliphatic carbocycles. The molecule has 0 saturated heterocycles. The highest BCUT2D eigenvalue weighted by Gasteiger charge is 2.27. The number of allylic oxidation sites excluding steroid dienone is 2. The Hall–Kier alpha value is -1.04. The minimum absolute atomic E-state index is 0.994. The highest BCUT2D eigenvalue weighted by atomic mass is 14.3. The average molecular weight is 381 g/mol. The molecule has 0 N–H and O–H groups in total. The zero-order chi connectivity index (χ0) is 19.6. The molecule has 1 unspecified atom stereocenters. The van der Waals surface area contributed by atoms with Crippen LogP contribution in [0.3, 0.4) is 0 Å². The van der Waals surface area contributed by atoms with E-state index in [1.165, 1.54) is 107 Å². The topological polar surface area (TPSA) is 0 Å². The summed E-state index contributed by atoms with van der Waals surface area (Å²) in [7, 11) is 0. The van der Waals surface area contributed by atoms with Crippen LogP contribution in [-0.4, -0.2) is 0 Å². The molecule has 156 valence electrons. The zero-order valence-electron chi connectivity index (χ0n) is 18.7. The molecule has 0 amide bonds. The van der Waals surface area contributed by atoms with Crippen LogP contribution in [0.1, 0.15) is 108 Å². The summed E-state index contributed by atoms with van der Waals surface area (Å²) in [6.07, 6.45) is 23.5. The normalized spacial score (nSPS) is 25.5. The number of rotatable bonds is 10. The standard InChI is InChI=1S/C28H44/c1-3-5-6-7-8-24-9-11-25(12-10-24)13-14-26-17-21-28(22-18-26)27-19-15-23(4-2)16-20-27/h9-12,17,23,27-28H,3-8,13-16,18-22H2,1-2H3/t23-,27-,28?. The van der Waals surface area contributed by atoms with E-state index < -0.39 is 0 Å². The average Bonchev–Trinajstić information content (AvgIpc) is 2.76. The van der Waals surface area contributed by atoms with Gasteiger partial charge in [-0.3, -0.25) is 0 Å². The van der Waals surface area contributed by atoms with Crippen LogP contribution in [0.4, 0.5) is 0 Å². The van der Waals surface area contributed by atoms with E-state index in [-0.39, 0.29) is 0 Å². The van der Waals surface area contributed by atoms with Crippen molar-refractivity contribution in [1.82, 2.24) is 0 Å². The number of hydrogen-bond donors (Lipinski definition) is 0. The lowest BCUT2D eigenvalue weighted by Gasteiger charge is -2.35. The van der Waals surface area contributed by atoms with Gasteiger partial charge in [-0.05, 0) is 86.7 Å². The van der Waals surface area contributed by atoms with E-state index in [0.29, 0.717) is 0 Å². The molecule has 1 fully saturated rings. The molecule has 0 radical (unpaired) electrons. The number of unbranched alkanes of at least 4 members (excludes halogenated alkanes) is 3. The van der Waals surface area contributed by atoms with Crippen molar-refractivity contribution in [1.29, 1.82) is 0 Å². The molecule has 1 aromatic rings. The van der Waals surface area contributed by atoms with E-state index in [1.54, 1.807) is 5.57 Å². The SMILES string of the molecule is CCCCCCc1ccc(CCC2=CCC([C@H]3CC[C@H](CC)CC3)CC2)cc1. The minimum Gasteiger partial charge on any atom is -0.0850 e. The molecule has 0 aromatic heterocycles. The second-order valence-electron chi connectivity index (χ2n) is 9.71. The maximum Gasteiger partial charge on any atom is -0.0241 e. The zero-order valence-corrected chi connectivity index (χ0v) is 18.7. The lowest BCUT2D eigenvalue weighted by molar-refractivity contribution is 0.189. The van der Waals surface area contributed by atoms with Crippen molar-refractivity contribution in [2.75, 3.05) is 0 Å². The van der Waals surface area contributed by atoms with Crippen LogP contribution in [0.25, 0.3) is 0 Å². The van der Waals surface area contributed by atoms with Crippen molar-refractivity contribution in [3.8, 4) is 0 Å². The van der Waals surface area contributed by atoms with E-state index in [2.05, 4.69) is 44.2 Å². The van der Waals surface area contributed by atoms with Crippen molar-refractivity contribution in [3.05, 3.63) is 47.0 Å². The van der Waals surface area contributed by atoms with Gasteiger partial charge in [0.15, 0.2) is 0 Å². The molecule has 28 heavy (non-hydrogen) atoms. The third kappa shape index (κ3) is 6.78. The molecular weight excluding hydrogens is 336 g/mol. The van der Waals surface area contributed by atoms with Gasteiger partial charge in [-0.15, -0.1) is 0 Å². The third-order valence-electron chi connectivity index (χ3n) is 7.76. The Balaban J connectivity index is 1.37. The predicted octanol–water partition coefficient (Wildman–Crippen LogP) is 8.68. The Morgan fingerprint density at radius 2 is 1.43 bits per heavy atom. The van der Waals surface area contributed by atoms with Gasteiger partial charge in [-0.1, -0.05) is 88.3 Å². The van der Waals surface area contributed by atoms with E-state index in [4.69, 9.17) is 0 Å². The van der Waals surface area contributed by atoms with Gasteiger partial charge in [0, 0.05) is 0 Å². The Bertz CT molecular complexity index is 571. The predicted molar refractivity (Wildman–Crippen MR) is 124 cm³/mol. The van der Waals surface area contributed by atoms with E-state index in [9.17, 15) is 0 Å². The van der Waals surface area contributed by atoms with Crippen molar-refractivity contribution < 1.29 is 0 Å². The van der Waals surface area contributed by atoms with Crippen LogP contribution in [0, 0.1) is 17.8 Å². The fourth-order valence-corrected chi connectivity index (χ4v) is 5.57. The summed E-state index contributed by atoms with van der Waals surface area (Å²) in [6.45, 7) is 4.66. The van der Waals surface area contributed by atoms with E-state index in [1.807, 2.05) is 0 Å². The molecule has 1 atom stereocenters. The summed E-state index contributed by atoms with van der Waals surface area (Å²) in [4.78, 5) is 0. The molecule has 3 rings (SSSR count). The summed E-state index contributed by atoms with van der Waals surface area (Å²) < 4.78 is 0. The maximum atomic E-state index is 2.63. The fourth-order valence-electron chi connectivity index (χ4n) is 5.57. The van der Waals surface area contributed by atoms with E-state index in [0.717, 1.165) is 17.8 Å². The van der Waals surface area contributed by atoms with Crippen molar-refractivity contribution in [2.45, 2.75) is 110 Å². The van der Waals surface area contributed by atoms with Crippen LogP contribution in [0.2, 0.25) is 0 Å². The Morgan fingerprint density at radius 1 is 0.714 bits per heavy atom. The van der Waals surface area contributed by atoms with Gasteiger partial charge >= 0.3 is 0 Å². The Labute approximate surface area is 175 Å². The second kappa shape index (κ2) is 11.8. The quantitative estimate of drug-likeness (QED) is 0.281. The molecule has 0 aliphatic heterocycles. The smallest absolute Gasteiger partial charge is 0.0241 e. The lowest BCUT2D eigenvalue weighted by Crippen LogP contribution is -2.23. The first-order valence-electron chi connectivity index (χ1n) is 12.5. The van der Waals surface area contributed by atoms with Crippen LogP contribution >= 0.6 is 0 Å². The van der Waals surface area contributed by atoms with Crippen LogP contribution in [0.5, 0.6) is 0 Å². The van der Waals surface area contributed by atoms with Gasteiger partial charge in [0.25, 0.3) is 0 Å². The minimum atomic E-state index is 0.994. The van der Waals surface area contributed by atoms with Crippen molar-refractivity contribution in [3.63, 3.8) is 0 Å². The van der Waals surface area contributed by atoms with Crippen molar-refractivity contribution in [2.24, 2.45) is 17.8 Å². The molecule has 1 aromatic carbocycles. The molecule has 0 heteroatoms. The number of benzene rings is 1. The molecule has 0 bridgehead atoms. The third-order valence-corrected chi connectivity index (χ3v) is 7.76. The van der Waals surface area contributed by atoms with Crippen LogP contribution in [0.15, 0.2) is 35.9 Å². The largest absolute Gasteiger partial charge is 0.0850 e. The van der Waals surface area contributed by atoms with Gasteiger partial charge in [-0.2, -0.15) is 0 Å². The number of aryl methyl sites for hydroxylation is 2. The summed E-state index contributed by atoms with van der Waals surface area (Å²) in [6, 6.07) is 9.51. The molecule has 1 saturated carbocycles. The number of hydrogen-bond acceptors (Lipinski definition) is 0. The lowest BCUT2D eigenvalue weighted by atomic mass is 9.71. The van der Waals surface area contributed by atoms with Crippen LogP contribution < -0.4 is 0 Å². The highest BCUT2D eigenvalue weighted by Crippen LogP contribution is 2.40. The molecular formula is C28H44. The highest BCUT2D eigenvalue weighted by molar-refractivity contribution is 5.24. The van der Waals surface area contributed by atoms with Gasteiger partial charge < -0.3 is 0 Å². The second-order valence-corrected chi connectivity index (χ2v) is 9.71. The molecule has 0 spiro atoms. The molecule has 0 nitrogen and oxygen atoms in total. The first kappa shape index (κ1) is 21.7. The molecule has 0 heterocycles. The summed E-state index contributed by atoms with van der Waals surface area (Å²) >= 11 is 0. The van der Waals surface area contributed by atoms with Gasteiger partial charge in [0.05, 0.1) is 0 Å². The summed E-state index contributed by atoms with van der Waals surface area (Å²) in [5, 5.41) is 0.